The van der Waals surface area contributed by atoms with Crippen LogP contribution >= 0.6 is 27.5 Å². The fourth-order valence-corrected chi connectivity index (χ4v) is 2.83. The highest BCUT2D eigenvalue weighted by atomic mass is 79.9. The van der Waals surface area contributed by atoms with Crippen LogP contribution in [-0.4, -0.2) is 25.1 Å². The molecule has 0 aromatic heterocycles. The zero-order valence-electron chi connectivity index (χ0n) is 14.4. The number of halogens is 2. The van der Waals surface area contributed by atoms with Gasteiger partial charge in [-0.25, -0.2) is 4.79 Å². The predicted molar refractivity (Wildman–Crippen MR) is 107 cm³/mol. The van der Waals surface area contributed by atoms with Crippen molar-refractivity contribution in [2.45, 2.75) is 13.8 Å². The highest BCUT2D eigenvalue weighted by Crippen LogP contribution is 2.29. The highest BCUT2D eigenvalue weighted by molar-refractivity contribution is 9.10. The Morgan fingerprint density at radius 2 is 1.96 bits per heavy atom. The number of hydrogen-bond donors (Lipinski definition) is 3. The summed E-state index contributed by atoms with van der Waals surface area (Å²) in [5.74, 6) is 0.453. The summed E-state index contributed by atoms with van der Waals surface area (Å²) in [5.41, 5.74) is 2.16. The van der Waals surface area contributed by atoms with Gasteiger partial charge in [0, 0.05) is 28.2 Å². The van der Waals surface area contributed by atoms with Gasteiger partial charge in [-0.15, -0.1) is 0 Å². The van der Waals surface area contributed by atoms with E-state index in [2.05, 4.69) is 31.9 Å². The Balaban J connectivity index is 1.78. The van der Waals surface area contributed by atoms with E-state index in [9.17, 15) is 9.59 Å². The molecule has 0 unspecified atom stereocenters. The average Bonchev–Trinajstić information content (AvgIpc) is 2.56. The van der Waals surface area contributed by atoms with Gasteiger partial charge in [0.1, 0.15) is 12.4 Å². The molecule has 0 heterocycles. The van der Waals surface area contributed by atoms with Crippen LogP contribution in [0.2, 0.25) is 5.02 Å². The SMILES string of the molecule is CC(=O)Nc1cccc(OCCNC(=O)Nc2cc(Cl)c(C)cc2Br)c1. The lowest BCUT2D eigenvalue weighted by Gasteiger charge is -2.12. The van der Waals surface area contributed by atoms with Crippen molar-refractivity contribution in [1.29, 1.82) is 0 Å². The molecule has 0 aliphatic carbocycles. The van der Waals surface area contributed by atoms with Gasteiger partial charge in [0.25, 0.3) is 0 Å². The molecule has 0 atom stereocenters. The van der Waals surface area contributed by atoms with Gasteiger partial charge in [0.2, 0.25) is 5.91 Å². The summed E-state index contributed by atoms with van der Waals surface area (Å²) in [4.78, 5) is 23.0. The van der Waals surface area contributed by atoms with E-state index in [0.29, 0.717) is 28.7 Å². The first-order valence-electron chi connectivity index (χ1n) is 7.86. The molecule has 138 valence electrons. The maximum atomic E-state index is 12.0. The fourth-order valence-electron chi connectivity index (χ4n) is 2.11. The maximum absolute atomic E-state index is 12.0. The smallest absolute Gasteiger partial charge is 0.319 e. The lowest BCUT2D eigenvalue weighted by molar-refractivity contribution is -0.114. The Hall–Kier alpha value is -2.25. The zero-order chi connectivity index (χ0) is 19.1. The molecule has 3 amide bonds. The largest absolute Gasteiger partial charge is 0.492 e. The van der Waals surface area contributed by atoms with Crippen molar-refractivity contribution in [2.24, 2.45) is 0 Å². The third-order valence-corrected chi connectivity index (χ3v) is 4.37. The topological polar surface area (TPSA) is 79.5 Å². The molecule has 26 heavy (non-hydrogen) atoms. The van der Waals surface area contributed by atoms with Crippen LogP contribution < -0.4 is 20.7 Å². The van der Waals surface area contributed by atoms with Gasteiger partial charge >= 0.3 is 6.03 Å². The molecule has 0 saturated carbocycles. The maximum Gasteiger partial charge on any atom is 0.319 e. The molecule has 6 nitrogen and oxygen atoms in total. The molecule has 2 aromatic rings. The number of ether oxygens (including phenoxy) is 1. The molecule has 0 fully saturated rings. The number of aryl methyl sites for hydroxylation is 1. The van der Waals surface area contributed by atoms with Crippen LogP contribution in [0.15, 0.2) is 40.9 Å². The van der Waals surface area contributed by atoms with Crippen molar-refractivity contribution < 1.29 is 14.3 Å². The summed E-state index contributed by atoms with van der Waals surface area (Å²) in [6.45, 7) is 3.92. The quantitative estimate of drug-likeness (QED) is 0.576. The number of carbonyl (C=O) groups is 2. The van der Waals surface area contributed by atoms with E-state index in [4.69, 9.17) is 16.3 Å². The molecule has 0 radical (unpaired) electrons. The molecular formula is C18H19BrClN3O3. The Morgan fingerprint density at radius 3 is 2.69 bits per heavy atom. The Morgan fingerprint density at radius 1 is 1.19 bits per heavy atom. The van der Waals surface area contributed by atoms with Crippen molar-refractivity contribution >= 4 is 50.8 Å². The molecule has 2 rings (SSSR count). The molecule has 0 aliphatic heterocycles. The van der Waals surface area contributed by atoms with E-state index in [1.807, 2.05) is 13.0 Å². The molecule has 0 bridgehead atoms. The van der Waals surface area contributed by atoms with E-state index < -0.39 is 0 Å². The minimum atomic E-state index is -0.360. The normalized spacial score (nSPS) is 10.2. The Bertz CT molecular complexity index is 814. The number of rotatable bonds is 6. The van der Waals surface area contributed by atoms with Crippen LogP contribution in [0.3, 0.4) is 0 Å². The third kappa shape index (κ3) is 6.24. The van der Waals surface area contributed by atoms with Crippen LogP contribution in [0, 0.1) is 6.92 Å². The van der Waals surface area contributed by atoms with Gasteiger partial charge in [0.15, 0.2) is 0 Å². The Kier molecular flexibility index (Phi) is 7.29. The summed E-state index contributed by atoms with van der Waals surface area (Å²) in [6, 6.07) is 10.2. The standard InChI is InChI=1S/C18H19BrClN3O3/c1-11-8-15(19)17(10-16(11)20)23-18(25)21-6-7-26-14-5-3-4-13(9-14)22-12(2)24/h3-5,8-10H,6-7H2,1-2H3,(H,22,24)(H2,21,23,25). The van der Waals surface area contributed by atoms with E-state index >= 15 is 0 Å². The number of benzene rings is 2. The number of carbonyl (C=O) groups excluding carboxylic acids is 2. The molecular weight excluding hydrogens is 422 g/mol. The summed E-state index contributed by atoms with van der Waals surface area (Å²) in [5, 5.41) is 8.68. The molecule has 0 saturated heterocycles. The summed E-state index contributed by atoms with van der Waals surface area (Å²) >= 11 is 9.46. The Labute approximate surface area is 165 Å². The first-order valence-corrected chi connectivity index (χ1v) is 9.03. The van der Waals surface area contributed by atoms with Crippen LogP contribution in [0.5, 0.6) is 5.75 Å². The van der Waals surface area contributed by atoms with Gasteiger partial charge in [-0.3, -0.25) is 4.79 Å². The van der Waals surface area contributed by atoms with Crippen LogP contribution in [0.25, 0.3) is 0 Å². The van der Waals surface area contributed by atoms with Gasteiger partial charge in [-0.05, 0) is 52.7 Å². The van der Waals surface area contributed by atoms with Crippen molar-refractivity contribution in [3.8, 4) is 5.75 Å². The van der Waals surface area contributed by atoms with Crippen molar-refractivity contribution in [3.63, 3.8) is 0 Å². The highest BCUT2D eigenvalue weighted by Gasteiger charge is 2.08. The molecule has 2 aromatic carbocycles. The van der Waals surface area contributed by atoms with Crippen molar-refractivity contribution in [2.75, 3.05) is 23.8 Å². The van der Waals surface area contributed by atoms with Crippen LogP contribution in [0.1, 0.15) is 12.5 Å². The van der Waals surface area contributed by atoms with E-state index in [1.54, 1.807) is 30.3 Å². The number of amides is 3. The molecule has 0 aliphatic rings. The first kappa shape index (κ1) is 20.1. The minimum absolute atomic E-state index is 0.150. The minimum Gasteiger partial charge on any atom is -0.492 e. The number of hydrogen-bond acceptors (Lipinski definition) is 3. The summed E-state index contributed by atoms with van der Waals surface area (Å²) in [6.07, 6.45) is 0. The lowest BCUT2D eigenvalue weighted by Crippen LogP contribution is -2.32. The van der Waals surface area contributed by atoms with Crippen LogP contribution in [0.4, 0.5) is 16.2 Å². The van der Waals surface area contributed by atoms with Gasteiger partial charge in [-0.1, -0.05) is 17.7 Å². The van der Waals surface area contributed by atoms with E-state index in [1.165, 1.54) is 6.92 Å². The predicted octanol–water partition coefficient (Wildman–Crippen LogP) is 4.57. The third-order valence-electron chi connectivity index (χ3n) is 3.31. The number of nitrogens with one attached hydrogen (secondary N) is 3. The van der Waals surface area contributed by atoms with Crippen LogP contribution in [-0.2, 0) is 4.79 Å². The molecule has 3 N–H and O–H groups in total. The van der Waals surface area contributed by atoms with E-state index in [-0.39, 0.29) is 18.5 Å². The summed E-state index contributed by atoms with van der Waals surface area (Å²) in [7, 11) is 0. The average molecular weight is 441 g/mol. The summed E-state index contributed by atoms with van der Waals surface area (Å²) < 4.78 is 6.31. The van der Waals surface area contributed by atoms with E-state index in [0.717, 1.165) is 10.0 Å². The fraction of sp³-hybridized carbons (Fsp3) is 0.222. The number of anilines is 2. The second-order valence-electron chi connectivity index (χ2n) is 5.52. The first-order chi connectivity index (χ1) is 12.3. The van der Waals surface area contributed by atoms with Crippen molar-refractivity contribution in [3.05, 3.63) is 51.5 Å². The molecule has 0 spiro atoms. The second kappa shape index (κ2) is 9.45. The number of urea groups is 1. The van der Waals surface area contributed by atoms with Gasteiger partial charge < -0.3 is 20.7 Å². The zero-order valence-corrected chi connectivity index (χ0v) is 16.7. The van der Waals surface area contributed by atoms with Crippen molar-refractivity contribution in [1.82, 2.24) is 5.32 Å². The van der Waals surface area contributed by atoms with Gasteiger partial charge in [0.05, 0.1) is 12.2 Å². The lowest BCUT2D eigenvalue weighted by atomic mass is 10.2. The molecule has 8 heteroatoms. The second-order valence-corrected chi connectivity index (χ2v) is 6.78. The monoisotopic (exact) mass is 439 g/mol. The van der Waals surface area contributed by atoms with Gasteiger partial charge in [-0.2, -0.15) is 0 Å².